The highest BCUT2D eigenvalue weighted by atomic mass is 35.5. The van der Waals surface area contributed by atoms with E-state index in [9.17, 15) is 18.0 Å². The highest BCUT2D eigenvalue weighted by Gasteiger charge is 2.43. The third kappa shape index (κ3) is 5.36. The van der Waals surface area contributed by atoms with Crippen molar-refractivity contribution in [2.45, 2.75) is 26.1 Å². The van der Waals surface area contributed by atoms with Crippen molar-refractivity contribution in [3.05, 3.63) is 34.9 Å². The monoisotopic (exact) mass is 365 g/mol. The summed E-state index contributed by atoms with van der Waals surface area (Å²) in [5.74, 6) is -0.462. The molecule has 1 amide bonds. The summed E-state index contributed by atoms with van der Waals surface area (Å²) in [6.45, 7) is 4.87. The topological polar surface area (TPSA) is 44.4 Å². The van der Waals surface area contributed by atoms with Crippen LogP contribution in [0.15, 0.2) is 18.2 Å². The van der Waals surface area contributed by atoms with Gasteiger partial charge in [-0.2, -0.15) is 13.2 Å². The zero-order valence-electron chi connectivity index (χ0n) is 13.7. The molecule has 1 aromatic carbocycles. The molecule has 24 heavy (non-hydrogen) atoms. The lowest BCUT2D eigenvalue weighted by molar-refractivity contribution is -0.183. The fourth-order valence-electron chi connectivity index (χ4n) is 2.71. The fourth-order valence-corrected chi connectivity index (χ4v) is 2.71. The molecular weight excluding hydrogens is 343 g/mol. The molecule has 1 saturated heterocycles. The molecule has 1 aliphatic rings. The van der Waals surface area contributed by atoms with Crippen molar-refractivity contribution >= 4 is 18.3 Å². The Balaban J connectivity index is 0.00000288. The standard InChI is InChI=1S/C16H22F3N3O.ClH/c1-11-3-4-12(2)13(9-11)15(23)21-10-14(16(17,18)19)22-7-5-20-6-8-22;/h3-4,9,14,20H,5-8,10H2,1-2H3,(H,21,23);1H. The quantitative estimate of drug-likeness (QED) is 0.860. The molecule has 0 aromatic heterocycles. The molecule has 1 aliphatic heterocycles. The average Bonchev–Trinajstić information content (AvgIpc) is 2.49. The number of amides is 1. The fraction of sp³-hybridized carbons (Fsp3) is 0.562. The predicted octanol–water partition coefficient (Wildman–Crippen LogP) is 2.29. The number of hydrogen-bond donors (Lipinski definition) is 2. The molecule has 4 nitrogen and oxygen atoms in total. The number of aryl methyl sites for hydroxylation is 2. The Morgan fingerprint density at radius 3 is 2.50 bits per heavy atom. The van der Waals surface area contributed by atoms with Crippen LogP contribution in [-0.2, 0) is 0 Å². The molecule has 2 N–H and O–H groups in total. The van der Waals surface area contributed by atoms with Gasteiger partial charge in [-0.1, -0.05) is 17.7 Å². The summed E-state index contributed by atoms with van der Waals surface area (Å²) in [6.07, 6.45) is -4.37. The summed E-state index contributed by atoms with van der Waals surface area (Å²) in [7, 11) is 0. The Morgan fingerprint density at radius 1 is 1.29 bits per heavy atom. The lowest BCUT2D eigenvalue weighted by Crippen LogP contribution is -2.57. The van der Waals surface area contributed by atoms with E-state index in [2.05, 4.69) is 10.6 Å². The second kappa shape index (κ2) is 8.69. The van der Waals surface area contributed by atoms with Crippen molar-refractivity contribution in [2.75, 3.05) is 32.7 Å². The van der Waals surface area contributed by atoms with Gasteiger partial charge in [-0.05, 0) is 25.5 Å². The molecule has 1 fully saturated rings. The van der Waals surface area contributed by atoms with Crippen molar-refractivity contribution in [1.29, 1.82) is 0 Å². The zero-order valence-corrected chi connectivity index (χ0v) is 14.6. The highest BCUT2D eigenvalue weighted by molar-refractivity contribution is 5.95. The minimum Gasteiger partial charge on any atom is -0.350 e. The third-order valence-corrected chi connectivity index (χ3v) is 4.06. The smallest absolute Gasteiger partial charge is 0.350 e. The summed E-state index contributed by atoms with van der Waals surface area (Å²) < 4.78 is 39.9. The summed E-state index contributed by atoms with van der Waals surface area (Å²) >= 11 is 0. The van der Waals surface area contributed by atoms with Gasteiger partial charge in [-0.15, -0.1) is 12.4 Å². The second-order valence-electron chi connectivity index (χ2n) is 5.87. The number of nitrogens with zero attached hydrogens (tertiary/aromatic N) is 1. The second-order valence-corrected chi connectivity index (χ2v) is 5.87. The van der Waals surface area contributed by atoms with Crippen molar-refractivity contribution in [3.63, 3.8) is 0 Å². The summed E-state index contributed by atoms with van der Waals surface area (Å²) in [5.41, 5.74) is 2.07. The van der Waals surface area contributed by atoms with Crippen LogP contribution in [0.1, 0.15) is 21.5 Å². The number of carbonyl (C=O) groups excluding carboxylic acids is 1. The maximum atomic E-state index is 13.3. The van der Waals surface area contributed by atoms with E-state index in [0.29, 0.717) is 31.7 Å². The van der Waals surface area contributed by atoms with Gasteiger partial charge in [0.25, 0.3) is 5.91 Å². The molecule has 0 radical (unpaired) electrons. The molecule has 1 aromatic rings. The average molecular weight is 366 g/mol. The largest absolute Gasteiger partial charge is 0.405 e. The van der Waals surface area contributed by atoms with Gasteiger partial charge in [0.05, 0.1) is 0 Å². The number of rotatable bonds is 4. The van der Waals surface area contributed by atoms with Crippen LogP contribution in [0, 0.1) is 13.8 Å². The first-order valence-corrected chi connectivity index (χ1v) is 7.66. The zero-order chi connectivity index (χ0) is 17.0. The van der Waals surface area contributed by atoms with Crippen LogP contribution in [0.3, 0.4) is 0 Å². The van der Waals surface area contributed by atoms with Gasteiger partial charge in [-0.25, -0.2) is 0 Å². The van der Waals surface area contributed by atoms with Crippen molar-refractivity contribution in [1.82, 2.24) is 15.5 Å². The SMILES string of the molecule is Cc1ccc(C)c(C(=O)NCC(N2CCNCC2)C(F)(F)F)c1.Cl. The lowest BCUT2D eigenvalue weighted by atomic mass is 10.0. The number of piperazine rings is 1. The first-order chi connectivity index (χ1) is 10.8. The van der Waals surface area contributed by atoms with E-state index < -0.39 is 24.7 Å². The maximum Gasteiger partial charge on any atom is 0.405 e. The summed E-state index contributed by atoms with van der Waals surface area (Å²) in [5, 5.41) is 5.48. The van der Waals surface area contributed by atoms with Gasteiger partial charge in [0.1, 0.15) is 6.04 Å². The van der Waals surface area contributed by atoms with Crippen LogP contribution in [0.2, 0.25) is 0 Å². The molecular formula is C16H23ClF3N3O. The molecule has 136 valence electrons. The van der Waals surface area contributed by atoms with E-state index in [1.165, 1.54) is 4.90 Å². The molecule has 0 bridgehead atoms. The van der Waals surface area contributed by atoms with Crippen molar-refractivity contribution in [2.24, 2.45) is 0 Å². The molecule has 1 unspecified atom stereocenters. The lowest BCUT2D eigenvalue weighted by Gasteiger charge is -2.35. The Kier molecular flexibility index (Phi) is 7.51. The molecule has 8 heteroatoms. The maximum absolute atomic E-state index is 13.3. The molecule has 2 rings (SSSR count). The molecule has 0 saturated carbocycles. The first kappa shape index (κ1) is 20.7. The van der Waals surface area contributed by atoms with Crippen LogP contribution < -0.4 is 10.6 Å². The Bertz CT molecular complexity index is 560. The highest BCUT2D eigenvalue weighted by Crippen LogP contribution is 2.25. The van der Waals surface area contributed by atoms with Crippen molar-refractivity contribution in [3.8, 4) is 0 Å². The van der Waals surface area contributed by atoms with E-state index in [1.54, 1.807) is 19.1 Å². The minimum absolute atomic E-state index is 0. The number of hydrogen-bond acceptors (Lipinski definition) is 3. The number of nitrogens with one attached hydrogen (secondary N) is 2. The van der Waals surface area contributed by atoms with Gasteiger partial charge in [0.15, 0.2) is 0 Å². The Morgan fingerprint density at radius 2 is 1.92 bits per heavy atom. The molecule has 0 aliphatic carbocycles. The number of benzene rings is 1. The van der Waals surface area contributed by atoms with E-state index in [1.807, 2.05) is 13.0 Å². The normalized spacial score (nSPS) is 17.0. The predicted molar refractivity (Wildman–Crippen MR) is 89.8 cm³/mol. The van der Waals surface area contributed by atoms with Crippen LogP contribution >= 0.6 is 12.4 Å². The van der Waals surface area contributed by atoms with Crippen molar-refractivity contribution < 1.29 is 18.0 Å². The molecule has 1 atom stereocenters. The van der Waals surface area contributed by atoms with Crippen LogP contribution in [0.5, 0.6) is 0 Å². The number of carbonyl (C=O) groups is 1. The minimum atomic E-state index is -4.37. The van der Waals surface area contributed by atoms with Crippen LogP contribution in [-0.4, -0.2) is 55.7 Å². The summed E-state index contributed by atoms with van der Waals surface area (Å²) in [4.78, 5) is 13.6. The van der Waals surface area contributed by atoms with Gasteiger partial charge < -0.3 is 10.6 Å². The van der Waals surface area contributed by atoms with Crippen LogP contribution in [0.4, 0.5) is 13.2 Å². The van der Waals surface area contributed by atoms with Gasteiger partial charge >= 0.3 is 6.18 Å². The Labute approximate surface area is 146 Å². The first-order valence-electron chi connectivity index (χ1n) is 7.66. The Hall–Kier alpha value is -1.31. The van der Waals surface area contributed by atoms with Gasteiger partial charge in [-0.3, -0.25) is 9.69 Å². The van der Waals surface area contributed by atoms with E-state index >= 15 is 0 Å². The third-order valence-electron chi connectivity index (χ3n) is 4.06. The number of halogens is 4. The summed E-state index contributed by atoms with van der Waals surface area (Å²) in [6, 6.07) is 3.70. The number of alkyl halides is 3. The van der Waals surface area contributed by atoms with E-state index in [4.69, 9.17) is 0 Å². The van der Waals surface area contributed by atoms with Gasteiger partial charge in [0.2, 0.25) is 0 Å². The van der Waals surface area contributed by atoms with E-state index in [0.717, 1.165) is 11.1 Å². The van der Waals surface area contributed by atoms with Gasteiger partial charge in [0, 0.05) is 38.3 Å². The van der Waals surface area contributed by atoms with E-state index in [-0.39, 0.29) is 12.4 Å². The van der Waals surface area contributed by atoms with Crippen LogP contribution in [0.25, 0.3) is 0 Å². The molecule has 0 spiro atoms. The molecule has 1 heterocycles.